The summed E-state index contributed by atoms with van der Waals surface area (Å²) in [6, 6.07) is 5.87. The van der Waals surface area contributed by atoms with Crippen LogP contribution in [-0.4, -0.2) is 41.5 Å². The predicted octanol–water partition coefficient (Wildman–Crippen LogP) is 1.17. The molecule has 0 aromatic carbocycles. The molecule has 100 valence electrons. The Bertz CT molecular complexity index is 491. The molecule has 0 aliphatic carbocycles. The van der Waals surface area contributed by atoms with Gasteiger partial charge < -0.3 is 10.2 Å². The first-order valence-electron chi connectivity index (χ1n) is 6.47. The Morgan fingerprint density at radius 2 is 2.37 bits per heavy atom. The van der Waals surface area contributed by atoms with Crippen molar-refractivity contribution in [3.05, 3.63) is 29.6 Å². The second-order valence-electron chi connectivity index (χ2n) is 5.07. The largest absolute Gasteiger partial charge is 0.348 e. The molecule has 1 aromatic rings. The molecule has 5 heteroatoms. The predicted molar refractivity (Wildman–Crippen MR) is 71.5 cm³/mol. The molecule has 2 atom stereocenters. The fourth-order valence-corrected chi connectivity index (χ4v) is 2.27. The van der Waals surface area contributed by atoms with Gasteiger partial charge in [0.05, 0.1) is 5.56 Å². The molecule has 0 spiro atoms. The van der Waals surface area contributed by atoms with Crippen LogP contribution in [0.1, 0.15) is 35.8 Å². The van der Waals surface area contributed by atoms with Crippen LogP contribution >= 0.6 is 0 Å². The Morgan fingerprint density at radius 3 is 2.95 bits per heavy atom. The van der Waals surface area contributed by atoms with E-state index in [1.807, 2.05) is 6.07 Å². The van der Waals surface area contributed by atoms with Gasteiger partial charge in [-0.3, -0.25) is 4.79 Å². The minimum atomic E-state index is -0.161. The van der Waals surface area contributed by atoms with Gasteiger partial charge in [0.25, 0.3) is 5.91 Å². The summed E-state index contributed by atoms with van der Waals surface area (Å²) >= 11 is 0. The number of amides is 1. The third-order valence-corrected chi connectivity index (χ3v) is 3.67. The van der Waals surface area contributed by atoms with Crippen molar-refractivity contribution in [2.75, 3.05) is 13.6 Å². The number of nitriles is 1. The first-order chi connectivity index (χ1) is 9.10. The SMILES string of the molecule is CC1CC(NC(=O)c2ccc(C#N)cn2)CCN1C. The maximum Gasteiger partial charge on any atom is 0.270 e. The fourth-order valence-electron chi connectivity index (χ4n) is 2.27. The lowest BCUT2D eigenvalue weighted by atomic mass is 9.99. The van der Waals surface area contributed by atoms with Gasteiger partial charge in [0.2, 0.25) is 0 Å². The van der Waals surface area contributed by atoms with E-state index in [4.69, 9.17) is 5.26 Å². The van der Waals surface area contributed by atoms with Crippen molar-refractivity contribution < 1.29 is 4.79 Å². The number of nitrogens with zero attached hydrogens (tertiary/aromatic N) is 3. The summed E-state index contributed by atoms with van der Waals surface area (Å²) in [6.07, 6.45) is 3.34. The third kappa shape index (κ3) is 3.30. The summed E-state index contributed by atoms with van der Waals surface area (Å²) < 4.78 is 0. The lowest BCUT2D eigenvalue weighted by Crippen LogP contribution is -2.47. The van der Waals surface area contributed by atoms with Crippen LogP contribution in [0.4, 0.5) is 0 Å². The highest BCUT2D eigenvalue weighted by Gasteiger charge is 2.24. The molecule has 2 unspecified atom stereocenters. The molecule has 1 aromatic heterocycles. The number of rotatable bonds is 2. The molecular weight excluding hydrogens is 240 g/mol. The van der Waals surface area contributed by atoms with Crippen LogP contribution in [0.3, 0.4) is 0 Å². The molecule has 1 aliphatic heterocycles. The molecule has 5 nitrogen and oxygen atoms in total. The van der Waals surface area contributed by atoms with Crippen LogP contribution in [0.2, 0.25) is 0 Å². The van der Waals surface area contributed by atoms with E-state index in [0.717, 1.165) is 19.4 Å². The van der Waals surface area contributed by atoms with Crippen LogP contribution in [0.5, 0.6) is 0 Å². The first-order valence-corrected chi connectivity index (χ1v) is 6.47. The maximum absolute atomic E-state index is 12.0. The van der Waals surface area contributed by atoms with Crippen molar-refractivity contribution in [3.8, 4) is 6.07 Å². The maximum atomic E-state index is 12.0. The number of likely N-dealkylation sites (tertiary alicyclic amines) is 1. The second-order valence-corrected chi connectivity index (χ2v) is 5.07. The summed E-state index contributed by atoms with van der Waals surface area (Å²) in [5.41, 5.74) is 0.829. The van der Waals surface area contributed by atoms with Gasteiger partial charge in [-0.25, -0.2) is 4.98 Å². The minimum absolute atomic E-state index is 0.161. The van der Waals surface area contributed by atoms with Gasteiger partial charge in [0.1, 0.15) is 11.8 Å². The van der Waals surface area contributed by atoms with Crippen LogP contribution in [-0.2, 0) is 0 Å². The highest BCUT2D eigenvalue weighted by atomic mass is 16.1. The van der Waals surface area contributed by atoms with E-state index < -0.39 is 0 Å². The lowest BCUT2D eigenvalue weighted by molar-refractivity contribution is 0.0891. The highest BCUT2D eigenvalue weighted by Crippen LogP contribution is 2.15. The number of piperidine rings is 1. The van der Waals surface area contributed by atoms with E-state index in [0.29, 0.717) is 17.3 Å². The van der Waals surface area contributed by atoms with Crippen molar-refractivity contribution in [2.24, 2.45) is 0 Å². The Labute approximate surface area is 113 Å². The molecule has 0 saturated carbocycles. The standard InChI is InChI=1S/C14H18N4O/c1-10-7-12(5-6-18(10)2)17-14(19)13-4-3-11(8-15)9-16-13/h3-4,9-10,12H,5-7H2,1-2H3,(H,17,19). The Kier molecular flexibility index (Phi) is 4.13. The molecule has 1 N–H and O–H groups in total. The molecule has 1 saturated heterocycles. The van der Waals surface area contributed by atoms with Gasteiger partial charge in [0, 0.05) is 24.8 Å². The molecular formula is C14H18N4O. The van der Waals surface area contributed by atoms with E-state index in [2.05, 4.69) is 29.2 Å². The third-order valence-electron chi connectivity index (χ3n) is 3.67. The van der Waals surface area contributed by atoms with E-state index in [9.17, 15) is 4.79 Å². The molecule has 19 heavy (non-hydrogen) atoms. The average Bonchev–Trinajstić information content (AvgIpc) is 2.43. The normalized spacial score (nSPS) is 23.6. The van der Waals surface area contributed by atoms with Crippen LogP contribution in [0.15, 0.2) is 18.3 Å². The zero-order valence-electron chi connectivity index (χ0n) is 11.3. The first kappa shape index (κ1) is 13.5. The molecule has 0 radical (unpaired) electrons. The summed E-state index contributed by atoms with van der Waals surface area (Å²) in [7, 11) is 2.10. The Balaban J connectivity index is 1.95. The Hall–Kier alpha value is -1.93. The monoisotopic (exact) mass is 258 g/mol. The quantitative estimate of drug-likeness (QED) is 0.864. The van der Waals surface area contributed by atoms with Gasteiger partial charge in [-0.15, -0.1) is 0 Å². The zero-order valence-corrected chi connectivity index (χ0v) is 11.3. The smallest absolute Gasteiger partial charge is 0.270 e. The van der Waals surface area contributed by atoms with E-state index in [1.165, 1.54) is 6.20 Å². The highest BCUT2D eigenvalue weighted by molar-refractivity contribution is 5.92. The van der Waals surface area contributed by atoms with Crippen molar-refractivity contribution >= 4 is 5.91 Å². The van der Waals surface area contributed by atoms with Crippen molar-refractivity contribution in [3.63, 3.8) is 0 Å². The number of hydrogen-bond donors (Lipinski definition) is 1. The van der Waals surface area contributed by atoms with Gasteiger partial charge in [-0.2, -0.15) is 5.26 Å². The van der Waals surface area contributed by atoms with Gasteiger partial charge in [0.15, 0.2) is 0 Å². The van der Waals surface area contributed by atoms with Crippen molar-refractivity contribution in [1.29, 1.82) is 5.26 Å². The molecule has 2 rings (SSSR count). The number of pyridine rings is 1. The average molecular weight is 258 g/mol. The van der Waals surface area contributed by atoms with E-state index in [1.54, 1.807) is 12.1 Å². The minimum Gasteiger partial charge on any atom is -0.348 e. The summed E-state index contributed by atoms with van der Waals surface area (Å²) in [6.45, 7) is 3.16. The lowest BCUT2D eigenvalue weighted by Gasteiger charge is -2.35. The number of nitrogens with one attached hydrogen (secondary N) is 1. The molecule has 1 aliphatic rings. The number of carbonyl (C=O) groups excluding carboxylic acids is 1. The van der Waals surface area contributed by atoms with Crippen molar-refractivity contribution in [2.45, 2.75) is 31.8 Å². The summed E-state index contributed by atoms with van der Waals surface area (Å²) in [5, 5.41) is 11.7. The molecule has 0 bridgehead atoms. The van der Waals surface area contributed by atoms with Crippen LogP contribution < -0.4 is 5.32 Å². The number of carbonyl (C=O) groups is 1. The zero-order chi connectivity index (χ0) is 13.8. The number of aromatic nitrogens is 1. The van der Waals surface area contributed by atoms with Crippen LogP contribution in [0.25, 0.3) is 0 Å². The van der Waals surface area contributed by atoms with Crippen LogP contribution in [0, 0.1) is 11.3 Å². The second kappa shape index (κ2) is 5.81. The summed E-state index contributed by atoms with van der Waals surface area (Å²) in [5.74, 6) is -0.161. The number of hydrogen-bond acceptors (Lipinski definition) is 4. The molecule has 2 heterocycles. The molecule has 1 fully saturated rings. The Morgan fingerprint density at radius 1 is 1.58 bits per heavy atom. The topological polar surface area (TPSA) is 69.0 Å². The van der Waals surface area contributed by atoms with Crippen molar-refractivity contribution in [1.82, 2.24) is 15.2 Å². The van der Waals surface area contributed by atoms with E-state index in [-0.39, 0.29) is 11.9 Å². The van der Waals surface area contributed by atoms with Gasteiger partial charge in [-0.05, 0) is 38.9 Å². The van der Waals surface area contributed by atoms with Gasteiger partial charge >= 0.3 is 0 Å². The summed E-state index contributed by atoms with van der Waals surface area (Å²) in [4.78, 5) is 18.3. The van der Waals surface area contributed by atoms with E-state index >= 15 is 0 Å². The fraction of sp³-hybridized carbons (Fsp3) is 0.500. The molecule has 1 amide bonds. The van der Waals surface area contributed by atoms with Gasteiger partial charge in [-0.1, -0.05) is 0 Å².